The van der Waals surface area contributed by atoms with Crippen LogP contribution >= 0.6 is 0 Å². The van der Waals surface area contributed by atoms with Crippen LogP contribution in [0.2, 0.25) is 0 Å². The number of hydrogen-bond acceptors (Lipinski definition) is 5. The van der Waals surface area contributed by atoms with E-state index in [-0.39, 0.29) is 11.5 Å². The summed E-state index contributed by atoms with van der Waals surface area (Å²) < 4.78 is 35.4. The summed E-state index contributed by atoms with van der Waals surface area (Å²) in [7, 11) is 0. The van der Waals surface area contributed by atoms with Crippen molar-refractivity contribution in [3.05, 3.63) is 65.4 Å². The van der Waals surface area contributed by atoms with Gasteiger partial charge in [-0.05, 0) is 30.4 Å². The molecule has 33 heavy (non-hydrogen) atoms. The molecule has 1 aromatic carbocycles. The SMILES string of the molecule is Cc1cc(-c2nc(-c3ccc(C(C)C)cc3)no2)nn1CC1C=CC=C(C(F)(F)CO)C1C. The van der Waals surface area contributed by atoms with Crippen LogP contribution in [0.1, 0.15) is 37.9 Å². The minimum atomic E-state index is -3.24. The highest BCUT2D eigenvalue weighted by Gasteiger charge is 2.39. The molecule has 0 spiro atoms. The summed E-state index contributed by atoms with van der Waals surface area (Å²) in [6, 6.07) is 9.89. The molecule has 2 atom stereocenters. The fraction of sp³-hybridized carbons (Fsp3) is 0.400. The molecule has 2 aromatic heterocycles. The van der Waals surface area contributed by atoms with Gasteiger partial charge in [0.1, 0.15) is 6.61 Å². The van der Waals surface area contributed by atoms with Crippen molar-refractivity contribution in [2.75, 3.05) is 6.61 Å². The molecule has 1 aliphatic carbocycles. The fourth-order valence-electron chi connectivity index (χ4n) is 4.08. The molecule has 0 bridgehead atoms. The van der Waals surface area contributed by atoms with Gasteiger partial charge in [0.15, 0.2) is 5.69 Å². The molecule has 4 rings (SSSR count). The summed E-state index contributed by atoms with van der Waals surface area (Å²) >= 11 is 0. The predicted molar refractivity (Wildman–Crippen MR) is 122 cm³/mol. The van der Waals surface area contributed by atoms with Gasteiger partial charge in [-0.3, -0.25) is 4.68 Å². The third kappa shape index (κ3) is 4.66. The summed E-state index contributed by atoms with van der Waals surface area (Å²) in [5.74, 6) is -2.63. The number of aliphatic hydroxyl groups is 1. The Morgan fingerprint density at radius 2 is 1.94 bits per heavy atom. The Labute approximate surface area is 191 Å². The number of aryl methyl sites for hydroxylation is 1. The van der Waals surface area contributed by atoms with Crippen molar-refractivity contribution in [3.63, 3.8) is 0 Å². The normalized spacial score (nSPS) is 18.7. The second-order valence-electron chi connectivity index (χ2n) is 8.87. The van der Waals surface area contributed by atoms with E-state index in [1.165, 1.54) is 11.6 Å². The zero-order valence-corrected chi connectivity index (χ0v) is 19.2. The summed E-state index contributed by atoms with van der Waals surface area (Å²) in [6.45, 7) is 7.14. The third-order valence-electron chi connectivity index (χ3n) is 6.23. The first kappa shape index (κ1) is 23.0. The number of allylic oxidation sites excluding steroid dienone is 3. The van der Waals surface area contributed by atoms with E-state index in [0.29, 0.717) is 29.9 Å². The first-order valence-corrected chi connectivity index (χ1v) is 11.1. The average molecular weight is 455 g/mol. The van der Waals surface area contributed by atoms with Crippen LogP contribution in [-0.2, 0) is 6.54 Å². The lowest BCUT2D eigenvalue weighted by atomic mass is 9.80. The van der Waals surface area contributed by atoms with Crippen molar-refractivity contribution in [3.8, 4) is 23.0 Å². The number of rotatable bonds is 7. The molecular formula is C25H28F2N4O2. The van der Waals surface area contributed by atoms with Gasteiger partial charge in [0.2, 0.25) is 5.82 Å². The van der Waals surface area contributed by atoms with E-state index in [1.54, 1.807) is 17.7 Å². The molecule has 0 aliphatic heterocycles. The van der Waals surface area contributed by atoms with E-state index in [0.717, 1.165) is 11.3 Å². The van der Waals surface area contributed by atoms with Crippen LogP contribution < -0.4 is 0 Å². The standard InChI is InChI=1S/C25H28F2N4O2/c1-15(2)18-8-10-19(11-9-18)23-28-24(33-30-23)22-12-16(3)31(29-22)13-20-6-5-7-21(17(20)4)25(26,27)14-32/h5-12,15,17,20,32H,13-14H2,1-4H3. The number of aromatic nitrogens is 4. The first-order valence-electron chi connectivity index (χ1n) is 11.1. The van der Waals surface area contributed by atoms with E-state index in [4.69, 9.17) is 9.63 Å². The minimum absolute atomic E-state index is 0.0624. The quantitative estimate of drug-likeness (QED) is 0.517. The number of hydrogen-bond donors (Lipinski definition) is 1. The van der Waals surface area contributed by atoms with Crippen molar-refractivity contribution in [1.82, 2.24) is 19.9 Å². The second kappa shape index (κ2) is 9.02. The second-order valence-corrected chi connectivity index (χ2v) is 8.87. The number of halogens is 2. The van der Waals surface area contributed by atoms with Gasteiger partial charge in [-0.1, -0.05) is 68.4 Å². The van der Waals surface area contributed by atoms with Crippen LogP contribution in [0.25, 0.3) is 23.0 Å². The molecule has 0 radical (unpaired) electrons. The number of nitrogens with zero attached hydrogens (tertiary/aromatic N) is 4. The van der Waals surface area contributed by atoms with Crippen LogP contribution in [0.3, 0.4) is 0 Å². The molecule has 8 heteroatoms. The smallest absolute Gasteiger partial charge is 0.292 e. The third-order valence-corrected chi connectivity index (χ3v) is 6.23. The number of aliphatic hydroxyl groups excluding tert-OH is 1. The highest BCUT2D eigenvalue weighted by molar-refractivity contribution is 5.58. The van der Waals surface area contributed by atoms with Gasteiger partial charge >= 0.3 is 0 Å². The van der Waals surface area contributed by atoms with Gasteiger partial charge < -0.3 is 9.63 Å². The van der Waals surface area contributed by atoms with Gasteiger partial charge in [0.05, 0.1) is 0 Å². The summed E-state index contributed by atoms with van der Waals surface area (Å²) in [5.41, 5.74) is 3.42. The van der Waals surface area contributed by atoms with E-state index in [9.17, 15) is 8.78 Å². The first-order chi connectivity index (χ1) is 15.7. The molecule has 1 aliphatic rings. The van der Waals surface area contributed by atoms with E-state index >= 15 is 0 Å². The molecule has 0 fully saturated rings. The van der Waals surface area contributed by atoms with Crippen molar-refractivity contribution in [1.29, 1.82) is 0 Å². The Morgan fingerprint density at radius 1 is 1.21 bits per heavy atom. The molecule has 0 saturated carbocycles. The average Bonchev–Trinajstić information content (AvgIpc) is 3.42. The van der Waals surface area contributed by atoms with Crippen molar-refractivity contribution >= 4 is 0 Å². The molecule has 174 valence electrons. The van der Waals surface area contributed by atoms with Crippen molar-refractivity contribution in [2.24, 2.45) is 11.8 Å². The Balaban J connectivity index is 1.52. The molecule has 2 heterocycles. The summed E-state index contributed by atoms with van der Waals surface area (Å²) in [4.78, 5) is 4.49. The Morgan fingerprint density at radius 3 is 2.61 bits per heavy atom. The highest BCUT2D eigenvalue weighted by Crippen LogP contribution is 2.37. The number of benzene rings is 1. The topological polar surface area (TPSA) is 77.0 Å². The predicted octanol–water partition coefficient (Wildman–Crippen LogP) is 5.41. The van der Waals surface area contributed by atoms with Crippen molar-refractivity contribution < 1.29 is 18.4 Å². The van der Waals surface area contributed by atoms with Gasteiger partial charge in [-0.25, -0.2) is 0 Å². The van der Waals surface area contributed by atoms with Crippen LogP contribution in [0.5, 0.6) is 0 Å². The molecule has 2 unspecified atom stereocenters. The Kier molecular flexibility index (Phi) is 6.30. The molecule has 3 aromatic rings. The van der Waals surface area contributed by atoms with E-state index in [1.807, 2.05) is 31.2 Å². The van der Waals surface area contributed by atoms with Crippen LogP contribution in [0.4, 0.5) is 8.78 Å². The Bertz CT molecular complexity index is 1180. The molecular weight excluding hydrogens is 426 g/mol. The van der Waals surface area contributed by atoms with E-state index in [2.05, 4.69) is 41.2 Å². The molecule has 1 N–H and O–H groups in total. The van der Waals surface area contributed by atoms with Gasteiger partial charge in [-0.15, -0.1) is 0 Å². The highest BCUT2D eigenvalue weighted by atomic mass is 19.3. The van der Waals surface area contributed by atoms with Crippen LogP contribution in [0, 0.1) is 18.8 Å². The number of alkyl halides is 2. The lowest BCUT2D eigenvalue weighted by Crippen LogP contribution is -2.33. The zero-order valence-electron chi connectivity index (χ0n) is 19.2. The molecule has 6 nitrogen and oxygen atoms in total. The molecule has 0 amide bonds. The van der Waals surface area contributed by atoms with E-state index < -0.39 is 18.4 Å². The van der Waals surface area contributed by atoms with Crippen molar-refractivity contribution in [2.45, 2.75) is 46.1 Å². The zero-order chi connectivity index (χ0) is 23.8. The lowest BCUT2D eigenvalue weighted by Gasteiger charge is -2.30. The molecule has 0 saturated heterocycles. The Hall–Kier alpha value is -3.13. The van der Waals surface area contributed by atoms with Crippen LogP contribution in [0.15, 0.2) is 58.7 Å². The monoisotopic (exact) mass is 454 g/mol. The summed E-state index contributed by atoms with van der Waals surface area (Å²) in [5, 5.41) is 17.8. The fourth-order valence-corrected chi connectivity index (χ4v) is 4.08. The van der Waals surface area contributed by atoms with Gasteiger partial charge in [-0.2, -0.15) is 18.9 Å². The van der Waals surface area contributed by atoms with Gasteiger partial charge in [0.25, 0.3) is 11.8 Å². The maximum atomic E-state index is 14.1. The summed E-state index contributed by atoms with van der Waals surface area (Å²) in [6.07, 6.45) is 4.92. The maximum Gasteiger partial charge on any atom is 0.292 e. The maximum absolute atomic E-state index is 14.1. The lowest BCUT2D eigenvalue weighted by molar-refractivity contribution is -0.0258. The largest absolute Gasteiger partial charge is 0.390 e. The van der Waals surface area contributed by atoms with Gasteiger partial charge in [0, 0.05) is 29.3 Å². The van der Waals surface area contributed by atoms with Crippen LogP contribution in [-0.4, -0.2) is 37.6 Å². The minimum Gasteiger partial charge on any atom is -0.390 e.